The van der Waals surface area contributed by atoms with Gasteiger partial charge >= 0.3 is 7.60 Å². The van der Waals surface area contributed by atoms with E-state index in [2.05, 4.69) is 5.32 Å². The highest BCUT2D eigenvalue weighted by Crippen LogP contribution is 2.60. The summed E-state index contributed by atoms with van der Waals surface area (Å²) in [4.78, 5) is 15.0. The molecule has 3 rings (SSSR count). The number of rotatable bonds is 13. The van der Waals surface area contributed by atoms with Gasteiger partial charge in [0, 0.05) is 25.4 Å². The molecule has 196 valence electrons. The summed E-state index contributed by atoms with van der Waals surface area (Å²) in [7, 11) is -3.93. The molecule has 0 aliphatic rings. The molecule has 0 spiro atoms. The van der Waals surface area contributed by atoms with Crippen LogP contribution in [0.1, 0.15) is 37.0 Å². The van der Waals surface area contributed by atoms with Gasteiger partial charge in [-0.25, -0.2) is 0 Å². The quantitative estimate of drug-likeness (QED) is 0.157. The number of amides is 1. The first-order valence-corrected chi connectivity index (χ1v) is 15.6. The molecule has 0 saturated carbocycles. The van der Waals surface area contributed by atoms with Gasteiger partial charge in [0.15, 0.2) is 5.44 Å². The van der Waals surface area contributed by atoms with E-state index in [-0.39, 0.29) is 18.7 Å². The van der Waals surface area contributed by atoms with Gasteiger partial charge in [0.25, 0.3) is 5.91 Å². The first-order chi connectivity index (χ1) is 17.8. The second-order valence-electron chi connectivity index (χ2n) is 7.73. The molecule has 0 unspecified atom stereocenters. The molecule has 0 atom stereocenters. The zero-order valence-corrected chi connectivity index (χ0v) is 24.5. The molecule has 0 aromatic heterocycles. The Balaban J connectivity index is 2.17. The Bertz CT molecular complexity index is 1180. The van der Waals surface area contributed by atoms with E-state index in [1.165, 1.54) is 23.5 Å². The average molecular weight is 597 g/mol. The number of carbonyl (C=O) groups excluding carboxylic acids is 1. The van der Waals surface area contributed by atoms with Crippen LogP contribution in [0, 0.1) is 0 Å². The van der Waals surface area contributed by atoms with Crippen molar-refractivity contribution in [3.05, 3.63) is 104 Å². The molecule has 3 aromatic rings. The Kier molecular flexibility index (Phi) is 12.1. The topological polar surface area (TPSA) is 64.6 Å². The van der Waals surface area contributed by atoms with Crippen LogP contribution in [0.25, 0.3) is 0 Å². The van der Waals surface area contributed by atoms with Crippen molar-refractivity contribution in [3.8, 4) is 0 Å². The third kappa shape index (κ3) is 9.22. The Labute approximate surface area is 236 Å². The maximum atomic E-state index is 14.3. The van der Waals surface area contributed by atoms with Crippen LogP contribution < -0.4 is 5.32 Å². The van der Waals surface area contributed by atoms with Crippen molar-refractivity contribution in [1.82, 2.24) is 5.32 Å². The summed E-state index contributed by atoms with van der Waals surface area (Å²) in [5.74, 6) is -0.415. The molecule has 0 fully saturated rings. The number of hydrogen-bond acceptors (Lipinski definition) is 6. The van der Waals surface area contributed by atoms with Crippen LogP contribution in [-0.4, -0.2) is 19.1 Å². The van der Waals surface area contributed by atoms with E-state index in [1.807, 2.05) is 44.2 Å². The number of halogens is 2. The Hall–Kier alpha value is -1.70. The molecule has 0 radical (unpaired) electrons. The summed E-state index contributed by atoms with van der Waals surface area (Å²) in [6.07, 6.45) is 1.26. The summed E-state index contributed by atoms with van der Waals surface area (Å²) < 4.78 is 26.6. The zero-order valence-electron chi connectivity index (χ0n) is 20.5. The third-order valence-electron chi connectivity index (χ3n) is 4.71. The number of hydrogen-bond donors (Lipinski definition) is 1. The normalized spacial score (nSPS) is 11.2. The van der Waals surface area contributed by atoms with Gasteiger partial charge in [0.1, 0.15) is 0 Å². The van der Waals surface area contributed by atoms with Gasteiger partial charge in [-0.15, -0.1) is 0 Å². The minimum absolute atomic E-state index is 0.100. The fourth-order valence-electron chi connectivity index (χ4n) is 2.93. The van der Waals surface area contributed by atoms with E-state index in [4.69, 9.17) is 32.2 Å². The van der Waals surface area contributed by atoms with Crippen LogP contribution in [0.15, 0.2) is 98.3 Å². The van der Waals surface area contributed by atoms with E-state index in [0.717, 1.165) is 9.79 Å². The van der Waals surface area contributed by atoms with Gasteiger partial charge in [0.05, 0.1) is 17.5 Å². The predicted octanol–water partition coefficient (Wildman–Crippen LogP) is 9.48. The van der Waals surface area contributed by atoms with Crippen LogP contribution in [0.3, 0.4) is 0 Å². The highest BCUT2D eigenvalue weighted by atomic mass is 35.5. The van der Waals surface area contributed by atoms with Crippen LogP contribution >= 0.6 is 54.3 Å². The first kappa shape index (κ1) is 29.9. The van der Waals surface area contributed by atoms with Gasteiger partial charge in [-0.3, -0.25) is 9.36 Å². The smallest absolute Gasteiger partial charge is 0.314 e. The number of carbonyl (C=O) groups is 1. The first-order valence-electron chi connectivity index (χ1n) is 11.7. The molecule has 0 bridgehead atoms. The van der Waals surface area contributed by atoms with Crippen molar-refractivity contribution in [2.24, 2.45) is 0 Å². The number of thioether (sulfide) groups is 2. The number of benzene rings is 3. The molecule has 1 amide bonds. The van der Waals surface area contributed by atoms with Crippen molar-refractivity contribution < 1.29 is 18.4 Å². The van der Waals surface area contributed by atoms with Gasteiger partial charge in [-0.2, -0.15) is 0 Å². The van der Waals surface area contributed by atoms with Crippen molar-refractivity contribution >= 4 is 60.2 Å². The maximum Gasteiger partial charge on any atom is 0.379 e. The molecule has 3 aromatic carbocycles. The highest BCUT2D eigenvalue weighted by Gasteiger charge is 2.36. The average Bonchev–Trinajstić information content (AvgIpc) is 2.92. The Morgan fingerprint density at radius 1 is 0.784 bits per heavy atom. The zero-order chi connectivity index (χ0) is 26.7. The maximum absolute atomic E-state index is 14.3. The second kappa shape index (κ2) is 15.0. The molecule has 0 aliphatic carbocycles. The van der Waals surface area contributed by atoms with Crippen LogP contribution in [-0.2, 0) is 13.6 Å². The van der Waals surface area contributed by atoms with Gasteiger partial charge in [-0.1, -0.05) is 78.8 Å². The molecule has 0 heterocycles. The van der Waals surface area contributed by atoms with Crippen molar-refractivity contribution in [2.75, 3.05) is 13.2 Å². The fraction of sp³-hybridized carbons (Fsp3) is 0.222. The van der Waals surface area contributed by atoms with E-state index < -0.39 is 13.5 Å². The van der Waals surface area contributed by atoms with Gasteiger partial charge in [-0.05, 0) is 73.5 Å². The Morgan fingerprint density at radius 3 is 1.68 bits per heavy atom. The summed E-state index contributed by atoms with van der Waals surface area (Å²) in [5, 5.41) is 4.09. The molecule has 37 heavy (non-hydrogen) atoms. The van der Waals surface area contributed by atoms with E-state index in [9.17, 15) is 9.36 Å². The van der Waals surface area contributed by atoms with Gasteiger partial charge < -0.3 is 14.4 Å². The van der Waals surface area contributed by atoms with Crippen LogP contribution in [0.5, 0.6) is 0 Å². The summed E-state index contributed by atoms with van der Waals surface area (Å²) in [6, 6.07) is 23.3. The minimum atomic E-state index is -3.93. The fourth-order valence-corrected chi connectivity index (χ4v) is 7.78. The van der Waals surface area contributed by atoms with Crippen LogP contribution in [0.4, 0.5) is 0 Å². The van der Waals surface area contributed by atoms with Crippen molar-refractivity contribution in [3.63, 3.8) is 0 Å². The summed E-state index contributed by atoms with van der Waals surface area (Å²) in [6.45, 7) is 4.25. The third-order valence-corrected chi connectivity index (χ3v) is 9.74. The summed E-state index contributed by atoms with van der Waals surface area (Å²) >= 11 is 14.9. The lowest BCUT2D eigenvalue weighted by Crippen LogP contribution is -2.25. The lowest BCUT2D eigenvalue weighted by atomic mass is 10.2. The lowest BCUT2D eigenvalue weighted by Gasteiger charge is -2.24. The largest absolute Gasteiger partial charge is 0.379 e. The minimum Gasteiger partial charge on any atom is -0.314 e. The summed E-state index contributed by atoms with van der Waals surface area (Å²) in [5.41, 5.74) is 0.521. The van der Waals surface area contributed by atoms with Gasteiger partial charge in [0.2, 0.25) is 0 Å². The number of nitrogens with one attached hydrogen (secondary N) is 1. The van der Waals surface area contributed by atoms with E-state index in [1.54, 1.807) is 48.5 Å². The van der Waals surface area contributed by atoms with Crippen LogP contribution in [0.2, 0.25) is 10.0 Å². The van der Waals surface area contributed by atoms with E-state index >= 15 is 0 Å². The molecule has 0 aliphatic heterocycles. The standard InChI is InChI=1S/C27H28Cl2NO4PS2/c1-3-18-33-35(32,34-19-4-2)26(30-25(31)20-8-6-5-7-9-20)27(36-23-14-10-21(28)11-15-23)37-24-16-12-22(29)13-17-24/h5-17H,3-4,18-19H2,1-2H3,(H,30,31). The second-order valence-corrected chi connectivity index (χ2v) is 13.0. The van der Waals surface area contributed by atoms with Crippen molar-refractivity contribution in [1.29, 1.82) is 0 Å². The monoisotopic (exact) mass is 595 g/mol. The molecule has 10 heteroatoms. The molecular weight excluding hydrogens is 568 g/mol. The predicted molar refractivity (Wildman–Crippen MR) is 156 cm³/mol. The highest BCUT2D eigenvalue weighted by molar-refractivity contribution is 8.22. The van der Waals surface area contributed by atoms with Crippen molar-refractivity contribution in [2.45, 2.75) is 36.5 Å². The van der Waals surface area contributed by atoms with E-state index in [0.29, 0.717) is 32.7 Å². The molecule has 0 saturated heterocycles. The Morgan fingerprint density at radius 2 is 1.24 bits per heavy atom. The molecule has 5 nitrogen and oxygen atoms in total. The molecule has 1 N–H and O–H groups in total. The lowest BCUT2D eigenvalue weighted by molar-refractivity contribution is 0.0964. The SMILES string of the molecule is CCCOP(=O)(OCCC)C(NC(=O)c1ccccc1)=C(Sc1ccc(Cl)cc1)Sc1ccc(Cl)cc1. The molecular formula is C27H28Cl2NO4PS2.